The minimum atomic E-state index is 0.0365. The third-order valence-corrected chi connectivity index (χ3v) is 4.57. The van der Waals surface area contributed by atoms with Crippen molar-refractivity contribution in [2.75, 3.05) is 20.2 Å². The molecule has 0 unspecified atom stereocenters. The Hall–Kier alpha value is -3.15. The highest BCUT2D eigenvalue weighted by Crippen LogP contribution is 2.31. The van der Waals surface area contributed by atoms with Crippen LogP contribution >= 0.6 is 0 Å². The predicted molar refractivity (Wildman–Crippen MR) is 96.1 cm³/mol. The van der Waals surface area contributed by atoms with Gasteiger partial charge in [0.1, 0.15) is 5.75 Å². The Kier molecular flexibility index (Phi) is 4.16. The van der Waals surface area contributed by atoms with Crippen molar-refractivity contribution in [2.45, 2.75) is 12.8 Å². The Balaban J connectivity index is 1.45. The van der Waals surface area contributed by atoms with Crippen LogP contribution in [0.5, 0.6) is 5.75 Å². The summed E-state index contributed by atoms with van der Waals surface area (Å²) in [6, 6.07) is 15.2. The zero-order chi connectivity index (χ0) is 18.1. The molecule has 6 nitrogen and oxygen atoms in total. The van der Waals surface area contributed by atoms with Crippen molar-refractivity contribution in [1.82, 2.24) is 15.0 Å². The zero-order valence-electron chi connectivity index (χ0n) is 14.7. The standard InChI is InChI=1S/C20H19N3O3/c1-13-6-5-7-14(10-13)20(24)23-11-15(12-23)19-21-18(22-26-19)16-8-3-4-9-17(16)25-2/h3-10,15H,11-12H2,1-2H3. The fraction of sp³-hybridized carbons (Fsp3) is 0.250. The van der Waals surface area contributed by atoms with Gasteiger partial charge in [-0.2, -0.15) is 4.98 Å². The van der Waals surface area contributed by atoms with E-state index in [0.29, 0.717) is 36.1 Å². The second kappa shape index (κ2) is 6.63. The molecule has 0 aliphatic carbocycles. The normalized spacial score (nSPS) is 14.2. The van der Waals surface area contributed by atoms with Gasteiger partial charge in [-0.25, -0.2) is 0 Å². The maximum absolute atomic E-state index is 12.5. The van der Waals surface area contributed by atoms with E-state index in [9.17, 15) is 4.79 Å². The van der Waals surface area contributed by atoms with Crippen LogP contribution in [0, 0.1) is 6.92 Å². The van der Waals surface area contributed by atoms with Crippen LogP contribution in [0.25, 0.3) is 11.4 Å². The average Bonchev–Trinajstić information content (AvgIpc) is 3.09. The van der Waals surface area contributed by atoms with Gasteiger partial charge in [-0.1, -0.05) is 35.0 Å². The third-order valence-electron chi connectivity index (χ3n) is 4.57. The van der Waals surface area contributed by atoms with Crippen molar-refractivity contribution in [2.24, 2.45) is 0 Å². The molecule has 0 saturated carbocycles. The van der Waals surface area contributed by atoms with Gasteiger partial charge >= 0.3 is 0 Å². The molecule has 1 saturated heterocycles. The first kappa shape index (κ1) is 16.3. The van der Waals surface area contributed by atoms with E-state index in [-0.39, 0.29) is 11.8 Å². The number of ether oxygens (including phenoxy) is 1. The molecule has 2 aromatic carbocycles. The summed E-state index contributed by atoms with van der Waals surface area (Å²) in [5.74, 6) is 1.86. The number of aromatic nitrogens is 2. The van der Waals surface area contributed by atoms with Gasteiger partial charge in [-0.05, 0) is 31.2 Å². The zero-order valence-corrected chi connectivity index (χ0v) is 14.7. The number of benzene rings is 2. The molecule has 6 heteroatoms. The molecule has 1 aromatic heterocycles. The first-order chi connectivity index (χ1) is 12.7. The van der Waals surface area contributed by atoms with E-state index in [1.54, 1.807) is 12.0 Å². The van der Waals surface area contributed by atoms with Crippen molar-refractivity contribution in [3.63, 3.8) is 0 Å². The van der Waals surface area contributed by atoms with Crippen molar-refractivity contribution < 1.29 is 14.1 Å². The van der Waals surface area contributed by atoms with Crippen LogP contribution in [-0.2, 0) is 0 Å². The van der Waals surface area contributed by atoms with Crippen LogP contribution in [0.4, 0.5) is 0 Å². The molecule has 0 radical (unpaired) electrons. The largest absolute Gasteiger partial charge is 0.496 e. The van der Waals surface area contributed by atoms with Crippen LogP contribution in [0.3, 0.4) is 0 Å². The lowest BCUT2D eigenvalue weighted by Crippen LogP contribution is -2.48. The number of amides is 1. The summed E-state index contributed by atoms with van der Waals surface area (Å²) in [5, 5.41) is 4.07. The van der Waals surface area contributed by atoms with Crippen LogP contribution < -0.4 is 4.74 Å². The summed E-state index contributed by atoms with van der Waals surface area (Å²) in [6.45, 7) is 3.15. The lowest BCUT2D eigenvalue weighted by molar-refractivity contribution is 0.0569. The molecule has 4 rings (SSSR count). The maximum Gasteiger partial charge on any atom is 0.253 e. The Bertz CT molecular complexity index is 945. The minimum absolute atomic E-state index is 0.0365. The van der Waals surface area contributed by atoms with Crippen LogP contribution in [0.1, 0.15) is 27.7 Å². The number of likely N-dealkylation sites (tertiary alicyclic amines) is 1. The Labute approximate surface area is 151 Å². The van der Waals surface area contributed by atoms with E-state index < -0.39 is 0 Å². The molecular formula is C20H19N3O3. The number of nitrogens with zero attached hydrogens (tertiary/aromatic N) is 3. The number of rotatable bonds is 4. The quantitative estimate of drug-likeness (QED) is 0.723. The maximum atomic E-state index is 12.5. The molecule has 1 aliphatic heterocycles. The summed E-state index contributed by atoms with van der Waals surface area (Å²) >= 11 is 0. The molecule has 1 fully saturated rings. The number of aryl methyl sites for hydroxylation is 1. The Morgan fingerprint density at radius 2 is 2.00 bits per heavy atom. The lowest BCUT2D eigenvalue weighted by atomic mass is 9.98. The molecule has 0 N–H and O–H groups in total. The van der Waals surface area contributed by atoms with Crippen LogP contribution in [0.15, 0.2) is 53.1 Å². The van der Waals surface area contributed by atoms with Gasteiger partial charge in [0, 0.05) is 18.7 Å². The van der Waals surface area contributed by atoms with Crippen molar-refractivity contribution in [1.29, 1.82) is 0 Å². The van der Waals surface area contributed by atoms with E-state index >= 15 is 0 Å². The number of hydrogen-bond acceptors (Lipinski definition) is 5. The number of carbonyl (C=O) groups is 1. The van der Waals surface area contributed by atoms with E-state index in [2.05, 4.69) is 10.1 Å². The second-order valence-electron chi connectivity index (χ2n) is 6.43. The van der Waals surface area contributed by atoms with E-state index in [0.717, 1.165) is 11.1 Å². The van der Waals surface area contributed by atoms with E-state index in [1.165, 1.54) is 0 Å². The van der Waals surface area contributed by atoms with Crippen LogP contribution in [-0.4, -0.2) is 41.1 Å². The Morgan fingerprint density at radius 3 is 2.77 bits per heavy atom. The summed E-state index contributed by atoms with van der Waals surface area (Å²) in [7, 11) is 1.61. The first-order valence-corrected chi connectivity index (χ1v) is 8.48. The Morgan fingerprint density at radius 1 is 1.19 bits per heavy atom. The van der Waals surface area contributed by atoms with E-state index in [1.807, 2.05) is 55.5 Å². The SMILES string of the molecule is COc1ccccc1-c1noc(C2CN(C(=O)c3cccc(C)c3)C2)n1. The highest BCUT2D eigenvalue weighted by atomic mass is 16.5. The number of hydrogen-bond donors (Lipinski definition) is 0. The van der Waals surface area contributed by atoms with Gasteiger partial charge in [0.15, 0.2) is 0 Å². The van der Waals surface area contributed by atoms with Crippen molar-refractivity contribution >= 4 is 5.91 Å². The molecule has 2 heterocycles. The average molecular weight is 349 g/mol. The number of carbonyl (C=O) groups excluding carboxylic acids is 1. The van der Waals surface area contributed by atoms with Gasteiger partial charge < -0.3 is 14.2 Å². The fourth-order valence-corrected chi connectivity index (χ4v) is 3.10. The highest BCUT2D eigenvalue weighted by Gasteiger charge is 2.36. The van der Waals surface area contributed by atoms with Crippen LogP contribution in [0.2, 0.25) is 0 Å². The summed E-state index contributed by atoms with van der Waals surface area (Å²) in [4.78, 5) is 18.8. The van der Waals surface area contributed by atoms with Gasteiger partial charge in [0.2, 0.25) is 11.7 Å². The summed E-state index contributed by atoms with van der Waals surface area (Å²) < 4.78 is 10.8. The molecular weight excluding hydrogens is 330 g/mol. The van der Waals surface area contributed by atoms with Crippen molar-refractivity contribution in [3.05, 3.63) is 65.5 Å². The van der Waals surface area contributed by atoms with Gasteiger partial charge in [-0.3, -0.25) is 4.79 Å². The third kappa shape index (κ3) is 2.94. The molecule has 0 bridgehead atoms. The minimum Gasteiger partial charge on any atom is -0.496 e. The molecule has 3 aromatic rings. The number of para-hydroxylation sites is 1. The van der Waals surface area contributed by atoms with Gasteiger partial charge in [0.25, 0.3) is 5.91 Å². The molecule has 0 spiro atoms. The molecule has 26 heavy (non-hydrogen) atoms. The summed E-state index contributed by atoms with van der Waals surface area (Å²) in [6.07, 6.45) is 0. The fourth-order valence-electron chi connectivity index (χ4n) is 3.10. The second-order valence-corrected chi connectivity index (χ2v) is 6.43. The van der Waals surface area contributed by atoms with Gasteiger partial charge in [0.05, 0.1) is 18.6 Å². The predicted octanol–water partition coefficient (Wildman–Crippen LogP) is 3.29. The molecule has 1 amide bonds. The van der Waals surface area contributed by atoms with Gasteiger partial charge in [-0.15, -0.1) is 0 Å². The van der Waals surface area contributed by atoms with E-state index in [4.69, 9.17) is 9.26 Å². The first-order valence-electron chi connectivity index (χ1n) is 8.48. The topological polar surface area (TPSA) is 68.5 Å². The summed E-state index contributed by atoms with van der Waals surface area (Å²) in [5.41, 5.74) is 2.58. The molecule has 0 atom stereocenters. The lowest BCUT2D eigenvalue weighted by Gasteiger charge is -2.37. The smallest absolute Gasteiger partial charge is 0.253 e. The monoisotopic (exact) mass is 349 g/mol. The molecule has 132 valence electrons. The number of methoxy groups -OCH3 is 1. The van der Waals surface area contributed by atoms with Crippen molar-refractivity contribution in [3.8, 4) is 17.1 Å². The highest BCUT2D eigenvalue weighted by molar-refractivity contribution is 5.95. The molecule has 1 aliphatic rings.